The highest BCUT2D eigenvalue weighted by Gasteiger charge is 2.29. The lowest BCUT2D eigenvalue weighted by atomic mass is 10.1. The summed E-state index contributed by atoms with van der Waals surface area (Å²) in [5, 5.41) is 0. The molecule has 0 N–H and O–H groups in total. The van der Waals surface area contributed by atoms with Crippen LogP contribution in [0.25, 0.3) is 0 Å². The highest BCUT2D eigenvalue weighted by Crippen LogP contribution is 2.28. The van der Waals surface area contributed by atoms with Gasteiger partial charge in [-0.1, -0.05) is 6.92 Å². The molecule has 1 aliphatic rings. The maximum Gasteiger partial charge on any atom is 0.154 e. The number of benzene rings is 1. The summed E-state index contributed by atoms with van der Waals surface area (Å²) in [4.78, 5) is 14.1. The molecule has 1 atom stereocenters. The van der Waals surface area contributed by atoms with Gasteiger partial charge >= 0.3 is 0 Å². The predicted octanol–water partition coefficient (Wildman–Crippen LogP) is 2.64. The third-order valence-corrected chi connectivity index (χ3v) is 3.38. The summed E-state index contributed by atoms with van der Waals surface area (Å²) in [6.07, 6.45) is 2.71. The topological polar surface area (TPSA) is 29.5 Å². The minimum Gasteiger partial charge on any atom is -0.497 e. The molecular weight excluding hydrogens is 214 g/mol. The fourth-order valence-electron chi connectivity index (χ4n) is 2.42. The zero-order chi connectivity index (χ0) is 12.3. The van der Waals surface area contributed by atoms with E-state index in [0.29, 0.717) is 12.2 Å². The molecule has 3 heteroatoms. The van der Waals surface area contributed by atoms with E-state index in [4.69, 9.17) is 4.74 Å². The van der Waals surface area contributed by atoms with Gasteiger partial charge in [-0.2, -0.15) is 0 Å². The number of methoxy groups -OCH3 is 1. The smallest absolute Gasteiger partial charge is 0.154 e. The van der Waals surface area contributed by atoms with E-state index in [1.54, 1.807) is 7.11 Å². The first-order valence-corrected chi connectivity index (χ1v) is 6.19. The van der Waals surface area contributed by atoms with E-state index in [1.165, 1.54) is 0 Å². The number of anilines is 1. The first kappa shape index (κ1) is 12.0. The lowest BCUT2D eigenvalue weighted by Gasteiger charge is -2.25. The standard InChI is InChI=1S/C14H19NO2/c1-3-14(16)13-5-4-10-15(13)11-6-8-12(17-2)9-7-11/h6-9,13H,3-5,10H2,1-2H3. The number of hydrogen-bond acceptors (Lipinski definition) is 3. The summed E-state index contributed by atoms with van der Waals surface area (Å²) in [5.74, 6) is 1.20. The van der Waals surface area contributed by atoms with E-state index in [1.807, 2.05) is 31.2 Å². The van der Waals surface area contributed by atoms with Crippen LogP contribution in [0.4, 0.5) is 5.69 Å². The van der Waals surface area contributed by atoms with Crippen molar-refractivity contribution in [2.24, 2.45) is 0 Å². The van der Waals surface area contributed by atoms with Crippen LogP contribution in [0.15, 0.2) is 24.3 Å². The lowest BCUT2D eigenvalue weighted by molar-refractivity contribution is -0.119. The third-order valence-electron chi connectivity index (χ3n) is 3.38. The summed E-state index contributed by atoms with van der Waals surface area (Å²) in [7, 11) is 1.66. The Kier molecular flexibility index (Phi) is 3.67. The van der Waals surface area contributed by atoms with Crippen LogP contribution in [0.2, 0.25) is 0 Å². The van der Waals surface area contributed by atoms with Crippen molar-refractivity contribution in [3.05, 3.63) is 24.3 Å². The quantitative estimate of drug-likeness (QED) is 0.800. The molecule has 0 aromatic heterocycles. The fraction of sp³-hybridized carbons (Fsp3) is 0.500. The van der Waals surface area contributed by atoms with Gasteiger partial charge in [0.2, 0.25) is 0 Å². The van der Waals surface area contributed by atoms with Crippen molar-refractivity contribution < 1.29 is 9.53 Å². The number of nitrogens with zero attached hydrogens (tertiary/aromatic N) is 1. The molecule has 1 unspecified atom stereocenters. The van der Waals surface area contributed by atoms with E-state index in [9.17, 15) is 4.79 Å². The van der Waals surface area contributed by atoms with E-state index in [0.717, 1.165) is 30.8 Å². The van der Waals surface area contributed by atoms with Gasteiger partial charge in [0.1, 0.15) is 5.75 Å². The van der Waals surface area contributed by atoms with Crippen LogP contribution in [0.3, 0.4) is 0 Å². The molecule has 1 aromatic carbocycles. The van der Waals surface area contributed by atoms with E-state index in [2.05, 4.69) is 4.90 Å². The number of hydrogen-bond donors (Lipinski definition) is 0. The second-order valence-corrected chi connectivity index (χ2v) is 4.37. The van der Waals surface area contributed by atoms with Crippen molar-refractivity contribution in [1.82, 2.24) is 0 Å². The Morgan fingerprint density at radius 2 is 2.12 bits per heavy atom. The van der Waals surface area contributed by atoms with Gasteiger partial charge in [-0.25, -0.2) is 0 Å². The van der Waals surface area contributed by atoms with E-state index in [-0.39, 0.29) is 6.04 Å². The zero-order valence-electron chi connectivity index (χ0n) is 10.5. The summed E-state index contributed by atoms with van der Waals surface area (Å²) in [6, 6.07) is 8.02. The lowest BCUT2D eigenvalue weighted by Crippen LogP contribution is -2.35. The number of rotatable bonds is 4. The predicted molar refractivity (Wildman–Crippen MR) is 68.7 cm³/mol. The highest BCUT2D eigenvalue weighted by molar-refractivity contribution is 5.87. The molecule has 17 heavy (non-hydrogen) atoms. The van der Waals surface area contributed by atoms with Gasteiger partial charge in [0.15, 0.2) is 5.78 Å². The molecule has 1 heterocycles. The maximum atomic E-state index is 11.9. The Balaban J connectivity index is 2.17. The van der Waals surface area contributed by atoms with Crippen LogP contribution in [0.1, 0.15) is 26.2 Å². The third kappa shape index (κ3) is 2.43. The molecule has 0 radical (unpaired) electrons. The Labute approximate surface area is 102 Å². The van der Waals surface area contributed by atoms with Crippen LogP contribution in [-0.4, -0.2) is 25.5 Å². The van der Waals surface area contributed by atoms with Crippen molar-refractivity contribution in [2.75, 3.05) is 18.6 Å². The summed E-state index contributed by atoms with van der Waals surface area (Å²) < 4.78 is 5.14. The Morgan fingerprint density at radius 3 is 2.71 bits per heavy atom. The first-order chi connectivity index (χ1) is 8.26. The minimum atomic E-state index is 0.0772. The monoisotopic (exact) mass is 233 g/mol. The molecule has 1 fully saturated rings. The molecular formula is C14H19NO2. The Hall–Kier alpha value is -1.51. The summed E-state index contributed by atoms with van der Waals surface area (Å²) in [5.41, 5.74) is 1.12. The average molecular weight is 233 g/mol. The van der Waals surface area contributed by atoms with Crippen molar-refractivity contribution in [3.8, 4) is 5.75 Å². The van der Waals surface area contributed by atoms with Crippen molar-refractivity contribution in [2.45, 2.75) is 32.2 Å². The molecule has 1 aliphatic heterocycles. The van der Waals surface area contributed by atoms with Crippen LogP contribution >= 0.6 is 0 Å². The van der Waals surface area contributed by atoms with E-state index >= 15 is 0 Å². The molecule has 2 rings (SSSR count). The van der Waals surface area contributed by atoms with Gasteiger partial charge in [0.05, 0.1) is 13.2 Å². The van der Waals surface area contributed by atoms with Crippen molar-refractivity contribution in [3.63, 3.8) is 0 Å². The molecule has 1 saturated heterocycles. The Morgan fingerprint density at radius 1 is 1.41 bits per heavy atom. The maximum absolute atomic E-state index is 11.9. The van der Waals surface area contributed by atoms with Gasteiger partial charge in [-0.05, 0) is 37.1 Å². The summed E-state index contributed by atoms with van der Waals surface area (Å²) >= 11 is 0. The van der Waals surface area contributed by atoms with Gasteiger partial charge in [-0.3, -0.25) is 4.79 Å². The van der Waals surface area contributed by atoms with Crippen LogP contribution in [0, 0.1) is 0 Å². The van der Waals surface area contributed by atoms with Crippen molar-refractivity contribution >= 4 is 11.5 Å². The molecule has 0 bridgehead atoms. The first-order valence-electron chi connectivity index (χ1n) is 6.19. The van der Waals surface area contributed by atoms with Crippen LogP contribution in [0.5, 0.6) is 5.75 Å². The molecule has 0 spiro atoms. The number of ketones is 1. The second-order valence-electron chi connectivity index (χ2n) is 4.37. The molecule has 3 nitrogen and oxygen atoms in total. The normalized spacial score (nSPS) is 19.4. The summed E-state index contributed by atoms with van der Waals surface area (Å²) in [6.45, 7) is 2.91. The fourth-order valence-corrected chi connectivity index (χ4v) is 2.42. The highest BCUT2D eigenvalue weighted by atomic mass is 16.5. The average Bonchev–Trinajstić information content (AvgIpc) is 2.87. The largest absolute Gasteiger partial charge is 0.497 e. The number of carbonyl (C=O) groups excluding carboxylic acids is 1. The number of Topliss-reactive ketones (excluding diaryl/α,β-unsaturated/α-hetero) is 1. The van der Waals surface area contributed by atoms with Gasteiger partial charge in [0.25, 0.3) is 0 Å². The van der Waals surface area contributed by atoms with Crippen LogP contribution < -0.4 is 9.64 Å². The van der Waals surface area contributed by atoms with Crippen molar-refractivity contribution in [1.29, 1.82) is 0 Å². The van der Waals surface area contributed by atoms with Crippen LogP contribution in [-0.2, 0) is 4.79 Å². The number of carbonyl (C=O) groups is 1. The Bertz CT molecular complexity index is 386. The number of ether oxygens (including phenoxy) is 1. The molecule has 0 aliphatic carbocycles. The molecule has 0 saturated carbocycles. The molecule has 1 aromatic rings. The van der Waals surface area contributed by atoms with Gasteiger partial charge in [0, 0.05) is 18.7 Å². The SMILES string of the molecule is CCC(=O)C1CCCN1c1ccc(OC)cc1. The van der Waals surface area contributed by atoms with E-state index < -0.39 is 0 Å². The van der Waals surface area contributed by atoms with Gasteiger partial charge in [-0.15, -0.1) is 0 Å². The molecule has 0 amide bonds. The zero-order valence-corrected chi connectivity index (χ0v) is 10.5. The second kappa shape index (κ2) is 5.21. The minimum absolute atomic E-state index is 0.0772. The molecule has 92 valence electrons. The van der Waals surface area contributed by atoms with Gasteiger partial charge < -0.3 is 9.64 Å².